The van der Waals surface area contributed by atoms with E-state index in [-0.39, 0.29) is 29.4 Å². The molecule has 39 heavy (non-hydrogen) atoms. The van der Waals surface area contributed by atoms with Gasteiger partial charge in [0, 0.05) is 64.8 Å². The summed E-state index contributed by atoms with van der Waals surface area (Å²) in [7, 11) is -1.09. The van der Waals surface area contributed by atoms with Gasteiger partial charge in [0.2, 0.25) is 5.91 Å². The summed E-state index contributed by atoms with van der Waals surface area (Å²) < 4.78 is 11.7. The zero-order chi connectivity index (χ0) is 28.5. The maximum atomic E-state index is 13.1. The van der Waals surface area contributed by atoms with Gasteiger partial charge in [0.15, 0.2) is 11.5 Å². The molecule has 2 fully saturated rings. The molecular weight excluding hydrogens is 514 g/mol. The molecule has 5 unspecified atom stereocenters. The predicted octanol–water partition coefficient (Wildman–Crippen LogP) is 3.33. The molecule has 0 spiro atoms. The Bertz CT molecular complexity index is 1140. The molecule has 0 radical (unpaired) electrons. The van der Waals surface area contributed by atoms with Gasteiger partial charge in [0.05, 0.1) is 6.20 Å². The number of hydrogen-bond donors (Lipinski definition) is 4. The molecule has 2 aromatic rings. The van der Waals surface area contributed by atoms with E-state index in [1.54, 1.807) is 36.7 Å². The highest BCUT2D eigenvalue weighted by Gasteiger charge is 2.32. The molecule has 4 rings (SSSR count). The lowest BCUT2D eigenvalue weighted by Crippen LogP contribution is -2.52. The van der Waals surface area contributed by atoms with Crippen molar-refractivity contribution >= 4 is 39.9 Å². The van der Waals surface area contributed by atoms with E-state index in [0.717, 1.165) is 38.6 Å². The Kier molecular flexibility index (Phi) is 11.2. The molecule has 1 aromatic heterocycles. The van der Waals surface area contributed by atoms with Crippen molar-refractivity contribution in [2.24, 2.45) is 11.7 Å². The molecule has 3 heterocycles. The van der Waals surface area contributed by atoms with E-state index in [1.807, 2.05) is 13.8 Å². The average molecular weight is 558 g/mol. The fourth-order valence-electron chi connectivity index (χ4n) is 5.19. The summed E-state index contributed by atoms with van der Waals surface area (Å²) in [6, 6.07) is 7.78. The largest absolute Gasteiger partial charge is 0.364 e. The summed E-state index contributed by atoms with van der Waals surface area (Å²) in [5.41, 5.74) is 6.27. The number of hydrogen-bond acceptors (Lipinski definition) is 8. The van der Waals surface area contributed by atoms with Crippen LogP contribution in [0, 0.1) is 5.92 Å². The summed E-state index contributed by atoms with van der Waals surface area (Å²) in [5, 5.41) is 9.97. The van der Waals surface area contributed by atoms with Crippen LogP contribution in [0.4, 0.5) is 17.3 Å². The molecule has 0 saturated carbocycles. The second-order valence-corrected chi connectivity index (χ2v) is 11.4. The number of amides is 2. The van der Waals surface area contributed by atoms with E-state index in [2.05, 4.69) is 44.7 Å². The van der Waals surface area contributed by atoms with Gasteiger partial charge in [-0.05, 0) is 63.3 Å². The van der Waals surface area contributed by atoms with Crippen molar-refractivity contribution in [3.63, 3.8) is 0 Å². The van der Waals surface area contributed by atoms with Crippen molar-refractivity contribution in [2.45, 2.75) is 82.8 Å². The summed E-state index contributed by atoms with van der Waals surface area (Å²) in [6.45, 7) is 9.68. The Balaban J connectivity index is 0.00000205. The third-order valence-electron chi connectivity index (χ3n) is 7.12. The van der Waals surface area contributed by atoms with Crippen molar-refractivity contribution < 1.29 is 13.8 Å². The van der Waals surface area contributed by atoms with Crippen LogP contribution in [-0.2, 0) is 15.6 Å². The molecule has 11 heteroatoms. The second-order valence-electron chi connectivity index (χ2n) is 10.0. The number of nitrogens with one attached hydrogen (secondary N) is 3. The van der Waals surface area contributed by atoms with E-state index in [4.69, 9.17) is 5.73 Å². The molecule has 214 valence electrons. The van der Waals surface area contributed by atoms with Crippen molar-refractivity contribution in [2.75, 3.05) is 29.6 Å². The van der Waals surface area contributed by atoms with Crippen LogP contribution in [-0.4, -0.2) is 63.5 Å². The quantitative estimate of drug-likeness (QED) is 0.387. The highest BCUT2D eigenvalue weighted by atomic mass is 32.2. The van der Waals surface area contributed by atoms with Gasteiger partial charge in [0.25, 0.3) is 5.91 Å². The number of carbonyl (C=O) groups excluding carboxylic acids is 2. The number of benzene rings is 1. The number of primary amides is 1. The second kappa shape index (κ2) is 14.4. The van der Waals surface area contributed by atoms with Crippen molar-refractivity contribution in [1.82, 2.24) is 20.6 Å². The molecule has 0 bridgehead atoms. The minimum Gasteiger partial charge on any atom is -0.364 e. The number of nitrogens with two attached hydrogens (primary N) is 1. The van der Waals surface area contributed by atoms with Crippen LogP contribution in [0.3, 0.4) is 0 Å². The van der Waals surface area contributed by atoms with Gasteiger partial charge < -0.3 is 26.6 Å². The van der Waals surface area contributed by atoms with E-state index in [1.165, 1.54) is 0 Å². The third-order valence-corrected chi connectivity index (χ3v) is 8.06. The Labute approximate surface area is 234 Å². The summed E-state index contributed by atoms with van der Waals surface area (Å²) in [5.74, 6) is 0.347. The number of piperidine rings is 2. The molecule has 10 nitrogen and oxygen atoms in total. The minimum absolute atomic E-state index is 0.0167. The molecule has 2 saturated heterocycles. The normalized spacial score (nSPS) is 23.7. The third kappa shape index (κ3) is 8.22. The lowest BCUT2D eigenvalue weighted by molar-refractivity contribution is -0.127. The molecule has 0 aliphatic carbocycles. The fraction of sp³-hybridized carbons (Fsp3) is 0.571. The molecule has 1 aromatic carbocycles. The standard InChI is InChI=1S/C26H37N7O3S.C2H6/c1-4-18-13-17(12-16(2)29-18)26(35)31-20-6-5-11-33(15-20)22-14-28-23(24(27)34)25(32-22)30-19-7-9-21(10-8-19)37(3)36;1-2/h7-10,14,16-18,20,29H,4-6,11-13,15H2,1-3H3,(H2,27,34)(H,30,32)(H,31,35);1-2H3. The molecule has 2 aliphatic heterocycles. The number of carbonyl (C=O) groups is 2. The van der Waals surface area contributed by atoms with Gasteiger partial charge >= 0.3 is 0 Å². The van der Waals surface area contributed by atoms with Gasteiger partial charge in [-0.25, -0.2) is 9.97 Å². The van der Waals surface area contributed by atoms with Crippen LogP contribution in [0.1, 0.15) is 70.3 Å². The molecule has 2 aliphatic rings. The van der Waals surface area contributed by atoms with Crippen LogP contribution in [0.15, 0.2) is 35.4 Å². The SMILES string of the molecule is CC.CCC1CC(C(=O)NC2CCCN(c3cnc(C(N)=O)c(Nc4ccc(S(C)=O)cc4)n3)C2)CC(C)N1. The number of rotatable bonds is 8. The van der Waals surface area contributed by atoms with Gasteiger partial charge in [-0.2, -0.15) is 0 Å². The minimum atomic E-state index is -1.09. The highest BCUT2D eigenvalue weighted by Crippen LogP contribution is 2.26. The van der Waals surface area contributed by atoms with Crippen molar-refractivity contribution in [3.8, 4) is 0 Å². The van der Waals surface area contributed by atoms with Crippen LogP contribution in [0.2, 0.25) is 0 Å². The maximum absolute atomic E-state index is 13.1. The Morgan fingerprint density at radius 1 is 1.21 bits per heavy atom. The Morgan fingerprint density at radius 2 is 1.92 bits per heavy atom. The lowest BCUT2D eigenvalue weighted by Gasteiger charge is -2.37. The lowest BCUT2D eigenvalue weighted by atomic mass is 9.86. The van der Waals surface area contributed by atoms with E-state index >= 15 is 0 Å². The number of nitrogens with zero attached hydrogens (tertiary/aromatic N) is 3. The molecular formula is C28H43N7O3S. The van der Waals surface area contributed by atoms with Gasteiger partial charge in [-0.15, -0.1) is 0 Å². The topological polar surface area (TPSA) is 142 Å². The summed E-state index contributed by atoms with van der Waals surface area (Å²) in [6.07, 6.45) is 7.72. The zero-order valence-electron chi connectivity index (χ0n) is 23.7. The van der Waals surface area contributed by atoms with E-state index < -0.39 is 16.7 Å². The first-order valence-electron chi connectivity index (χ1n) is 13.9. The number of aromatic nitrogens is 2. The van der Waals surface area contributed by atoms with Crippen LogP contribution in [0.25, 0.3) is 0 Å². The van der Waals surface area contributed by atoms with E-state index in [9.17, 15) is 13.8 Å². The first kappa shape index (κ1) is 30.5. The highest BCUT2D eigenvalue weighted by molar-refractivity contribution is 7.84. The molecule has 5 atom stereocenters. The Morgan fingerprint density at radius 3 is 2.56 bits per heavy atom. The zero-order valence-corrected chi connectivity index (χ0v) is 24.5. The summed E-state index contributed by atoms with van der Waals surface area (Å²) in [4.78, 5) is 36.9. The van der Waals surface area contributed by atoms with Gasteiger partial charge in [-0.3, -0.25) is 13.8 Å². The van der Waals surface area contributed by atoms with Gasteiger partial charge in [-0.1, -0.05) is 20.8 Å². The molecule has 5 N–H and O–H groups in total. The first-order valence-corrected chi connectivity index (χ1v) is 15.5. The van der Waals surface area contributed by atoms with Crippen LogP contribution < -0.4 is 26.6 Å². The number of anilines is 3. The van der Waals surface area contributed by atoms with Crippen LogP contribution in [0.5, 0.6) is 0 Å². The average Bonchev–Trinajstić information content (AvgIpc) is 2.94. The summed E-state index contributed by atoms with van der Waals surface area (Å²) >= 11 is 0. The monoisotopic (exact) mass is 557 g/mol. The van der Waals surface area contributed by atoms with Crippen molar-refractivity contribution in [1.29, 1.82) is 0 Å². The van der Waals surface area contributed by atoms with Crippen molar-refractivity contribution in [3.05, 3.63) is 36.2 Å². The predicted molar refractivity (Wildman–Crippen MR) is 157 cm³/mol. The molecule has 2 amide bonds. The van der Waals surface area contributed by atoms with Gasteiger partial charge in [0.1, 0.15) is 5.82 Å². The smallest absolute Gasteiger partial charge is 0.271 e. The van der Waals surface area contributed by atoms with E-state index in [0.29, 0.717) is 35.0 Å². The first-order chi connectivity index (χ1) is 18.7. The van der Waals surface area contributed by atoms with Crippen LogP contribution >= 0.6 is 0 Å². The fourth-order valence-corrected chi connectivity index (χ4v) is 5.71. The Hall–Kier alpha value is -3.05. The maximum Gasteiger partial charge on any atom is 0.271 e.